The van der Waals surface area contributed by atoms with E-state index in [4.69, 9.17) is 20.8 Å². The zero-order chi connectivity index (χ0) is 10.7. The molecule has 2 aromatic rings. The molecular weight excluding hydrogens is 218 g/mol. The van der Waals surface area contributed by atoms with Gasteiger partial charge in [-0.3, -0.25) is 4.98 Å². The van der Waals surface area contributed by atoms with Crippen molar-refractivity contribution < 1.29 is 13.9 Å². The summed E-state index contributed by atoms with van der Waals surface area (Å²) in [6, 6.07) is 2.89. The van der Waals surface area contributed by atoms with Crippen LogP contribution in [0.4, 0.5) is 0 Å². The lowest BCUT2D eigenvalue weighted by molar-refractivity contribution is 0.0734. The lowest BCUT2D eigenvalue weighted by Gasteiger charge is -2.02. The first-order chi connectivity index (χ1) is 7.27. The molecule has 0 saturated carbocycles. The molecule has 2 aromatic heterocycles. The van der Waals surface area contributed by atoms with Crippen LogP contribution in [0.3, 0.4) is 0 Å². The van der Waals surface area contributed by atoms with Gasteiger partial charge in [0.15, 0.2) is 5.75 Å². The molecule has 0 saturated heterocycles. The molecule has 5 heteroatoms. The van der Waals surface area contributed by atoms with Crippen molar-refractivity contribution >= 4 is 17.6 Å². The van der Waals surface area contributed by atoms with Crippen LogP contribution in [0, 0.1) is 6.20 Å². The van der Waals surface area contributed by atoms with Gasteiger partial charge in [0.05, 0.1) is 24.2 Å². The summed E-state index contributed by atoms with van der Waals surface area (Å²) < 4.78 is 9.74. The molecule has 0 aliphatic rings. The zero-order valence-electron chi connectivity index (χ0n) is 7.44. The zero-order valence-corrected chi connectivity index (χ0v) is 8.19. The molecule has 75 valence electrons. The standard InChI is InChI=1S/C10H5ClNO3/c11-8-5-12-3-1-9(8)15-10(13)7-2-4-14-6-7/h1-2,4-6H. The van der Waals surface area contributed by atoms with Gasteiger partial charge in [-0.1, -0.05) is 11.6 Å². The van der Waals surface area contributed by atoms with E-state index in [1.807, 2.05) is 0 Å². The Morgan fingerprint density at radius 2 is 2.47 bits per heavy atom. The quantitative estimate of drug-likeness (QED) is 0.732. The summed E-state index contributed by atoms with van der Waals surface area (Å²) in [6.07, 6.45) is 6.54. The maximum absolute atomic E-state index is 11.5. The van der Waals surface area contributed by atoms with Crippen molar-refractivity contribution in [2.75, 3.05) is 0 Å². The van der Waals surface area contributed by atoms with E-state index < -0.39 is 5.97 Å². The van der Waals surface area contributed by atoms with Gasteiger partial charge in [0.1, 0.15) is 11.3 Å². The number of pyridine rings is 1. The van der Waals surface area contributed by atoms with Crippen molar-refractivity contribution in [2.45, 2.75) is 0 Å². The Balaban J connectivity index is 2.17. The summed E-state index contributed by atoms with van der Waals surface area (Å²) >= 11 is 5.75. The Morgan fingerprint density at radius 1 is 1.60 bits per heavy atom. The first kappa shape index (κ1) is 9.73. The van der Waals surface area contributed by atoms with Gasteiger partial charge in [-0.2, -0.15) is 0 Å². The van der Waals surface area contributed by atoms with Crippen molar-refractivity contribution in [3.63, 3.8) is 0 Å². The fourth-order valence-corrected chi connectivity index (χ4v) is 1.08. The van der Waals surface area contributed by atoms with E-state index in [-0.39, 0.29) is 10.8 Å². The van der Waals surface area contributed by atoms with Gasteiger partial charge in [-0.05, 0) is 6.07 Å². The van der Waals surface area contributed by atoms with Crippen LogP contribution in [0.2, 0.25) is 5.02 Å². The minimum absolute atomic E-state index is 0.220. The summed E-state index contributed by atoms with van der Waals surface area (Å²) in [5, 5.41) is 0.255. The van der Waals surface area contributed by atoms with Crippen LogP contribution in [0.1, 0.15) is 10.4 Å². The number of hydrogen-bond acceptors (Lipinski definition) is 4. The molecular formula is C10H5ClNO3. The molecule has 0 aliphatic heterocycles. The summed E-state index contributed by atoms with van der Waals surface area (Å²) in [6.45, 7) is 0. The van der Waals surface area contributed by atoms with Crippen LogP contribution in [0.5, 0.6) is 5.75 Å². The Bertz CT molecular complexity index is 467. The average Bonchev–Trinajstić information content (AvgIpc) is 2.74. The third-order valence-electron chi connectivity index (χ3n) is 1.64. The largest absolute Gasteiger partial charge is 0.472 e. The minimum atomic E-state index is -0.537. The lowest BCUT2D eigenvalue weighted by atomic mass is 10.3. The normalized spacial score (nSPS) is 9.93. The van der Waals surface area contributed by atoms with Crippen LogP contribution in [-0.4, -0.2) is 11.0 Å². The Morgan fingerprint density at radius 3 is 3.13 bits per heavy atom. The first-order valence-corrected chi connectivity index (χ1v) is 4.41. The van der Waals surface area contributed by atoms with Crippen LogP contribution in [0.15, 0.2) is 35.3 Å². The molecule has 1 radical (unpaired) electrons. The summed E-state index contributed by atoms with van der Waals surface area (Å²) in [5.41, 5.74) is 0.322. The average molecular weight is 223 g/mol. The van der Waals surface area contributed by atoms with Crippen molar-refractivity contribution in [3.05, 3.63) is 47.6 Å². The van der Waals surface area contributed by atoms with E-state index in [0.29, 0.717) is 5.56 Å². The molecule has 0 bridgehead atoms. The van der Waals surface area contributed by atoms with E-state index in [9.17, 15) is 4.79 Å². The van der Waals surface area contributed by atoms with Crippen molar-refractivity contribution in [2.24, 2.45) is 0 Å². The molecule has 2 heterocycles. The highest BCUT2D eigenvalue weighted by Crippen LogP contribution is 2.22. The van der Waals surface area contributed by atoms with Crippen LogP contribution >= 0.6 is 11.6 Å². The van der Waals surface area contributed by atoms with Crippen molar-refractivity contribution in [1.29, 1.82) is 0 Å². The van der Waals surface area contributed by atoms with E-state index in [1.165, 1.54) is 30.9 Å². The number of nitrogens with zero attached hydrogens (tertiary/aromatic N) is 1. The van der Waals surface area contributed by atoms with Gasteiger partial charge >= 0.3 is 5.97 Å². The minimum Gasteiger partial charge on any atom is -0.472 e. The van der Waals surface area contributed by atoms with Crippen molar-refractivity contribution in [1.82, 2.24) is 4.98 Å². The molecule has 0 amide bonds. The number of ether oxygens (including phenoxy) is 1. The van der Waals surface area contributed by atoms with Crippen molar-refractivity contribution in [3.8, 4) is 5.75 Å². The number of halogens is 1. The molecule has 0 aromatic carbocycles. The highest BCUT2D eigenvalue weighted by atomic mass is 35.5. The number of rotatable bonds is 2. The first-order valence-electron chi connectivity index (χ1n) is 4.03. The van der Waals surface area contributed by atoms with Crippen LogP contribution in [0.25, 0.3) is 0 Å². The third-order valence-corrected chi connectivity index (χ3v) is 1.93. The maximum atomic E-state index is 11.5. The van der Waals surface area contributed by atoms with E-state index in [0.717, 1.165) is 0 Å². The monoisotopic (exact) mass is 222 g/mol. The fraction of sp³-hybridized carbons (Fsp3) is 0. The Kier molecular flexibility index (Phi) is 2.69. The molecule has 4 nitrogen and oxygen atoms in total. The number of carbonyl (C=O) groups excluding carboxylic acids is 1. The number of aromatic nitrogens is 1. The molecule has 0 N–H and O–H groups in total. The second kappa shape index (κ2) is 4.14. The van der Waals surface area contributed by atoms with E-state index in [1.54, 1.807) is 0 Å². The Hall–Kier alpha value is -1.81. The van der Waals surface area contributed by atoms with Crippen LogP contribution < -0.4 is 4.74 Å². The highest BCUT2D eigenvalue weighted by Gasteiger charge is 2.11. The van der Waals surface area contributed by atoms with E-state index in [2.05, 4.69) is 11.2 Å². The molecule has 0 unspecified atom stereocenters. The predicted octanol–water partition coefficient (Wildman–Crippen LogP) is 2.35. The SMILES string of the molecule is O=C(Oc1c[c]ncc1Cl)c1ccoc1. The van der Waals surface area contributed by atoms with Crippen LogP contribution in [-0.2, 0) is 0 Å². The maximum Gasteiger partial charge on any atom is 0.346 e. The highest BCUT2D eigenvalue weighted by molar-refractivity contribution is 6.32. The number of carbonyl (C=O) groups is 1. The second-order valence-corrected chi connectivity index (χ2v) is 3.05. The summed E-state index contributed by atoms with van der Waals surface area (Å²) in [4.78, 5) is 15.1. The lowest BCUT2D eigenvalue weighted by Crippen LogP contribution is -2.07. The van der Waals surface area contributed by atoms with Gasteiger partial charge in [0.2, 0.25) is 0 Å². The number of furan rings is 1. The van der Waals surface area contributed by atoms with Gasteiger partial charge in [0, 0.05) is 6.07 Å². The molecule has 0 atom stereocenters. The van der Waals surface area contributed by atoms with Gasteiger partial charge in [-0.15, -0.1) is 0 Å². The molecule has 0 spiro atoms. The number of hydrogen-bond donors (Lipinski definition) is 0. The predicted molar refractivity (Wildman–Crippen MR) is 51.7 cm³/mol. The topological polar surface area (TPSA) is 52.3 Å². The van der Waals surface area contributed by atoms with Gasteiger partial charge in [0.25, 0.3) is 0 Å². The van der Waals surface area contributed by atoms with Gasteiger partial charge < -0.3 is 9.15 Å². The molecule has 0 fully saturated rings. The summed E-state index contributed by atoms with van der Waals surface area (Å²) in [7, 11) is 0. The molecule has 2 rings (SSSR count). The fourth-order valence-electron chi connectivity index (χ4n) is 0.940. The second-order valence-electron chi connectivity index (χ2n) is 2.65. The summed E-state index contributed by atoms with van der Waals surface area (Å²) in [5.74, 6) is -0.317. The smallest absolute Gasteiger partial charge is 0.346 e. The Labute approximate surface area is 90.4 Å². The molecule has 15 heavy (non-hydrogen) atoms. The number of esters is 1. The van der Waals surface area contributed by atoms with E-state index >= 15 is 0 Å². The molecule has 0 aliphatic carbocycles. The van der Waals surface area contributed by atoms with Gasteiger partial charge in [-0.25, -0.2) is 4.79 Å². The third kappa shape index (κ3) is 2.16.